The third-order valence-corrected chi connectivity index (χ3v) is 6.65. The van der Waals surface area contributed by atoms with Gasteiger partial charge >= 0.3 is 0 Å². The van der Waals surface area contributed by atoms with Crippen LogP contribution < -0.4 is 5.32 Å². The molecule has 1 aromatic heterocycles. The van der Waals surface area contributed by atoms with Crippen molar-refractivity contribution < 1.29 is 19.4 Å². The number of likely N-dealkylation sites (tertiary alicyclic amines) is 1. The van der Waals surface area contributed by atoms with Crippen molar-refractivity contribution >= 4 is 18.2 Å². The summed E-state index contributed by atoms with van der Waals surface area (Å²) in [6.45, 7) is 1.47. The Bertz CT molecular complexity index is 954. The van der Waals surface area contributed by atoms with Crippen molar-refractivity contribution in [2.45, 2.75) is 50.0 Å². The number of nitrogens with one attached hydrogen (secondary N) is 1. The molecule has 8 heteroatoms. The number of carbonyl (C=O) groups excluding carboxylic acids is 1. The number of aromatic nitrogens is 2. The van der Waals surface area contributed by atoms with Crippen molar-refractivity contribution in [2.24, 2.45) is 0 Å². The molecule has 1 saturated heterocycles. The average molecular weight is 439 g/mol. The molecular weight excluding hydrogens is 408 g/mol. The fraction of sp³-hybridized carbons (Fsp3) is 0.500. The predicted molar refractivity (Wildman–Crippen MR) is 120 cm³/mol. The van der Waals surface area contributed by atoms with Crippen LogP contribution >= 0.6 is 0 Å². The number of anilines is 1. The van der Waals surface area contributed by atoms with Crippen LogP contribution in [0.5, 0.6) is 0 Å². The lowest BCUT2D eigenvalue weighted by Gasteiger charge is -2.39. The highest BCUT2D eigenvalue weighted by Crippen LogP contribution is 2.48. The third-order valence-electron chi connectivity index (χ3n) is 6.65. The third kappa shape index (κ3) is 4.60. The van der Waals surface area contributed by atoms with E-state index in [1.165, 1.54) is 24.1 Å². The summed E-state index contributed by atoms with van der Waals surface area (Å²) >= 11 is 0. The van der Waals surface area contributed by atoms with Crippen LogP contribution in [0.2, 0.25) is 0 Å². The molecule has 0 atom stereocenters. The number of hydrogen-bond acceptors (Lipinski definition) is 6. The van der Waals surface area contributed by atoms with Crippen LogP contribution in [0.25, 0.3) is 11.4 Å². The van der Waals surface area contributed by atoms with Gasteiger partial charge in [-0.05, 0) is 38.5 Å². The second-order valence-corrected chi connectivity index (χ2v) is 8.71. The number of nitrogens with zero attached hydrogens (tertiary/aromatic N) is 3. The molecule has 2 heterocycles. The van der Waals surface area contributed by atoms with Crippen molar-refractivity contribution in [3.05, 3.63) is 41.6 Å². The van der Waals surface area contributed by atoms with Gasteiger partial charge in [-0.25, -0.2) is 9.97 Å². The summed E-state index contributed by atoms with van der Waals surface area (Å²) in [7, 11) is 1.58. The Morgan fingerprint density at radius 3 is 2.53 bits per heavy atom. The lowest BCUT2D eigenvalue weighted by Crippen LogP contribution is -2.45. The van der Waals surface area contributed by atoms with Crippen LogP contribution in [0, 0.1) is 0 Å². The van der Waals surface area contributed by atoms with Crippen LogP contribution in [0.1, 0.15) is 43.4 Å². The van der Waals surface area contributed by atoms with E-state index in [1.54, 1.807) is 7.11 Å². The van der Waals surface area contributed by atoms with Crippen LogP contribution in [0.15, 0.2) is 30.3 Å². The van der Waals surface area contributed by atoms with Gasteiger partial charge in [0, 0.05) is 42.8 Å². The molecular formula is C24H30N4O4. The zero-order valence-electron chi connectivity index (χ0n) is 18.4. The lowest BCUT2D eigenvalue weighted by molar-refractivity contribution is -0.136. The Morgan fingerprint density at radius 1 is 1.22 bits per heavy atom. The number of benzene rings is 1. The molecule has 2 fully saturated rings. The van der Waals surface area contributed by atoms with Gasteiger partial charge in [0.1, 0.15) is 12.4 Å². The minimum Gasteiger partial charge on any atom is -0.483 e. The number of piperidine rings is 1. The van der Waals surface area contributed by atoms with Crippen molar-refractivity contribution in [3.8, 4) is 11.4 Å². The molecule has 8 nitrogen and oxygen atoms in total. The highest BCUT2D eigenvalue weighted by molar-refractivity contribution is 5.77. The molecule has 1 aromatic carbocycles. The molecule has 170 valence electrons. The van der Waals surface area contributed by atoms with Crippen molar-refractivity contribution in [3.63, 3.8) is 0 Å². The first kappa shape index (κ1) is 22.2. The summed E-state index contributed by atoms with van der Waals surface area (Å²) in [5.41, 5.74) is 3.64. The van der Waals surface area contributed by atoms with E-state index in [1.807, 2.05) is 23.1 Å². The van der Waals surface area contributed by atoms with Crippen LogP contribution in [-0.4, -0.2) is 65.2 Å². The Hall–Kier alpha value is -3.00. The maximum atomic E-state index is 12.2. The summed E-state index contributed by atoms with van der Waals surface area (Å²) in [4.78, 5) is 32.6. The number of rotatable bonds is 5. The summed E-state index contributed by atoms with van der Waals surface area (Å²) < 4.78 is 5.03. The minimum atomic E-state index is -0.250. The van der Waals surface area contributed by atoms with Gasteiger partial charge in [-0.1, -0.05) is 30.3 Å². The summed E-state index contributed by atoms with van der Waals surface area (Å²) in [5.74, 6) is 1.93. The molecule has 1 amide bonds. The molecule has 5 rings (SSSR count). The van der Waals surface area contributed by atoms with Crippen molar-refractivity contribution in [1.29, 1.82) is 0 Å². The zero-order valence-corrected chi connectivity index (χ0v) is 18.4. The molecule has 1 saturated carbocycles. The van der Waals surface area contributed by atoms with Gasteiger partial charge in [-0.3, -0.25) is 9.59 Å². The Balaban J connectivity index is 0.000000775. The number of hydrogen-bond donors (Lipinski definition) is 2. The maximum absolute atomic E-state index is 12.2. The average Bonchev–Trinajstić information content (AvgIpc) is 3.57. The number of ether oxygens (including phenoxy) is 1. The maximum Gasteiger partial charge on any atom is 0.290 e. The standard InChI is InChI=1S/C23H28N4O2.CH2O2/c1-29-15-19(28)27-13-11-23(12-14-27)10-9-18-20(23)25-21(16-5-3-2-4-6-16)26-22(18)24-17-7-8-17;2-1-3/h2-6,17H,7-15H2,1H3,(H,24,25,26);1H,(H,2,3). The normalized spacial score (nSPS) is 18.5. The van der Waals surface area contributed by atoms with Crippen LogP contribution in [-0.2, 0) is 26.2 Å². The molecule has 1 aliphatic heterocycles. The number of methoxy groups -OCH3 is 1. The first-order chi connectivity index (χ1) is 15.6. The summed E-state index contributed by atoms with van der Waals surface area (Å²) in [6, 6.07) is 10.8. The van der Waals surface area contributed by atoms with E-state index in [9.17, 15) is 4.79 Å². The minimum absolute atomic E-state index is 0.0611. The summed E-state index contributed by atoms with van der Waals surface area (Å²) in [6.07, 6.45) is 6.49. The van der Waals surface area contributed by atoms with Crippen molar-refractivity contribution in [2.75, 3.05) is 32.1 Å². The molecule has 3 aliphatic rings. The van der Waals surface area contributed by atoms with E-state index in [2.05, 4.69) is 17.4 Å². The lowest BCUT2D eigenvalue weighted by atomic mass is 9.76. The molecule has 2 aliphatic carbocycles. The topological polar surface area (TPSA) is 105 Å². The fourth-order valence-corrected chi connectivity index (χ4v) is 4.78. The molecule has 32 heavy (non-hydrogen) atoms. The molecule has 2 N–H and O–H groups in total. The quantitative estimate of drug-likeness (QED) is 0.692. The van der Waals surface area contributed by atoms with E-state index in [0.29, 0.717) is 6.04 Å². The van der Waals surface area contributed by atoms with E-state index >= 15 is 0 Å². The summed E-state index contributed by atoms with van der Waals surface area (Å²) in [5, 5.41) is 10.5. The second kappa shape index (κ2) is 9.65. The molecule has 1 spiro atoms. The van der Waals surface area contributed by atoms with Gasteiger partial charge in [0.25, 0.3) is 6.47 Å². The van der Waals surface area contributed by atoms with Gasteiger partial charge in [0.15, 0.2) is 5.82 Å². The van der Waals surface area contributed by atoms with Crippen molar-refractivity contribution in [1.82, 2.24) is 14.9 Å². The SMILES string of the molecule is COCC(=O)N1CCC2(CCc3c(NC4CC4)nc(-c4ccccc4)nc32)CC1.O=CO. The first-order valence-corrected chi connectivity index (χ1v) is 11.2. The Kier molecular flexibility index (Phi) is 6.69. The van der Waals surface area contributed by atoms with E-state index in [0.717, 1.165) is 56.0 Å². The van der Waals surface area contributed by atoms with E-state index < -0.39 is 0 Å². The van der Waals surface area contributed by atoms with Crippen LogP contribution in [0.4, 0.5) is 5.82 Å². The van der Waals surface area contributed by atoms with Gasteiger partial charge < -0.3 is 20.1 Å². The Labute approximate surface area is 188 Å². The van der Waals surface area contributed by atoms with Gasteiger partial charge in [0.2, 0.25) is 5.91 Å². The smallest absolute Gasteiger partial charge is 0.290 e. The highest BCUT2D eigenvalue weighted by Gasteiger charge is 2.45. The molecule has 0 unspecified atom stereocenters. The molecule has 2 aromatic rings. The molecule has 0 radical (unpaired) electrons. The monoisotopic (exact) mass is 438 g/mol. The molecule has 0 bridgehead atoms. The number of carboxylic acid groups (broad SMARTS) is 1. The Morgan fingerprint density at radius 2 is 1.91 bits per heavy atom. The number of fused-ring (bicyclic) bond motifs is 2. The predicted octanol–water partition coefficient (Wildman–Crippen LogP) is 2.87. The first-order valence-electron chi connectivity index (χ1n) is 11.2. The van der Waals surface area contributed by atoms with Gasteiger partial charge in [0.05, 0.1) is 5.69 Å². The van der Waals surface area contributed by atoms with Gasteiger partial charge in [-0.15, -0.1) is 0 Å². The largest absolute Gasteiger partial charge is 0.483 e. The van der Waals surface area contributed by atoms with Crippen LogP contribution in [0.3, 0.4) is 0 Å². The number of carbonyl (C=O) groups is 2. The fourth-order valence-electron chi connectivity index (χ4n) is 4.78. The van der Waals surface area contributed by atoms with E-state index in [-0.39, 0.29) is 24.4 Å². The zero-order chi connectivity index (χ0) is 22.6. The van der Waals surface area contributed by atoms with Gasteiger partial charge in [-0.2, -0.15) is 0 Å². The highest BCUT2D eigenvalue weighted by atomic mass is 16.5. The van der Waals surface area contributed by atoms with E-state index in [4.69, 9.17) is 24.6 Å². The number of amides is 1. The second-order valence-electron chi connectivity index (χ2n) is 8.71.